The predicted octanol–water partition coefficient (Wildman–Crippen LogP) is -0.0688. The summed E-state index contributed by atoms with van der Waals surface area (Å²) in [7, 11) is 2.18. The molecule has 98 valence electrons. The van der Waals surface area contributed by atoms with Gasteiger partial charge in [-0.25, -0.2) is 5.01 Å². The van der Waals surface area contributed by atoms with Gasteiger partial charge in [-0.1, -0.05) is 0 Å². The van der Waals surface area contributed by atoms with Crippen molar-refractivity contribution in [1.82, 2.24) is 10.4 Å². The molecular formula is C13H20N3OS+. The maximum Gasteiger partial charge on any atom is 0.258 e. The maximum absolute atomic E-state index is 11.7. The molecule has 2 rings (SSSR count). The molecule has 1 aromatic rings. The van der Waals surface area contributed by atoms with Crippen LogP contribution in [0.4, 0.5) is 0 Å². The molecule has 1 aliphatic heterocycles. The fourth-order valence-corrected chi connectivity index (χ4v) is 2.67. The molecule has 0 aromatic carbocycles. The molecule has 2 heterocycles. The van der Waals surface area contributed by atoms with Gasteiger partial charge in [0.2, 0.25) is 0 Å². The number of nitrogens with one attached hydrogen (secondary N) is 2. The number of thiophene rings is 1. The van der Waals surface area contributed by atoms with Crippen LogP contribution in [-0.2, 0) is 4.79 Å². The zero-order valence-corrected chi connectivity index (χ0v) is 11.7. The van der Waals surface area contributed by atoms with Crippen molar-refractivity contribution in [2.24, 2.45) is 0 Å². The van der Waals surface area contributed by atoms with Gasteiger partial charge in [-0.05, 0) is 25.1 Å². The molecule has 1 amide bonds. The largest absolute Gasteiger partial charge is 0.335 e. The third-order valence-corrected chi connectivity index (χ3v) is 4.01. The lowest BCUT2D eigenvalue weighted by atomic mass is 10.4. The Morgan fingerprint density at radius 1 is 1.44 bits per heavy atom. The number of aryl methyl sites for hydroxylation is 1. The molecule has 2 N–H and O–H groups in total. The van der Waals surface area contributed by atoms with Crippen LogP contribution in [0.5, 0.6) is 0 Å². The van der Waals surface area contributed by atoms with Crippen LogP contribution in [0.3, 0.4) is 0 Å². The van der Waals surface area contributed by atoms with Crippen molar-refractivity contribution < 1.29 is 9.69 Å². The fraction of sp³-hybridized carbons (Fsp3) is 0.462. The van der Waals surface area contributed by atoms with E-state index in [2.05, 4.69) is 25.5 Å². The average Bonchev–Trinajstić information content (AvgIpc) is 2.76. The summed E-state index contributed by atoms with van der Waals surface area (Å²) < 4.78 is 0. The number of hydrogen-bond acceptors (Lipinski definition) is 3. The monoisotopic (exact) mass is 266 g/mol. The molecule has 18 heavy (non-hydrogen) atoms. The quantitative estimate of drug-likeness (QED) is 0.752. The normalized spacial score (nSPS) is 18.3. The van der Waals surface area contributed by atoms with Gasteiger partial charge in [-0.15, -0.1) is 11.3 Å². The van der Waals surface area contributed by atoms with Gasteiger partial charge in [0, 0.05) is 15.8 Å². The van der Waals surface area contributed by atoms with Crippen LogP contribution < -0.4 is 10.3 Å². The lowest BCUT2D eigenvalue weighted by Gasteiger charge is -2.29. The van der Waals surface area contributed by atoms with Crippen molar-refractivity contribution in [3.8, 4) is 0 Å². The number of carbonyl (C=O) groups is 1. The second kappa shape index (κ2) is 6.13. The fourth-order valence-electron chi connectivity index (χ4n) is 1.89. The second-order valence-corrected chi connectivity index (χ2v) is 6.02. The van der Waals surface area contributed by atoms with Gasteiger partial charge in [0.05, 0.1) is 33.2 Å². The van der Waals surface area contributed by atoms with E-state index in [1.165, 1.54) is 9.78 Å². The predicted molar refractivity (Wildman–Crippen MR) is 74.4 cm³/mol. The molecule has 1 saturated heterocycles. The number of quaternary nitrogens is 1. The number of hydrazine groups is 1. The molecule has 0 atom stereocenters. The smallest absolute Gasteiger partial charge is 0.258 e. The van der Waals surface area contributed by atoms with Crippen LogP contribution in [0.25, 0.3) is 6.08 Å². The highest BCUT2D eigenvalue weighted by Gasteiger charge is 2.17. The summed E-state index contributed by atoms with van der Waals surface area (Å²) in [5.74, 6) is -0.0411. The Kier molecular flexibility index (Phi) is 4.52. The molecular weight excluding hydrogens is 246 g/mol. The van der Waals surface area contributed by atoms with Crippen LogP contribution >= 0.6 is 11.3 Å². The van der Waals surface area contributed by atoms with Crippen molar-refractivity contribution in [1.29, 1.82) is 0 Å². The number of rotatable bonds is 3. The van der Waals surface area contributed by atoms with Crippen molar-refractivity contribution in [3.05, 3.63) is 28.0 Å². The van der Waals surface area contributed by atoms with E-state index in [1.54, 1.807) is 17.4 Å². The summed E-state index contributed by atoms with van der Waals surface area (Å²) in [6.07, 6.45) is 3.48. The number of piperazine rings is 1. The first-order valence-electron chi connectivity index (χ1n) is 6.25. The van der Waals surface area contributed by atoms with Crippen molar-refractivity contribution in [2.45, 2.75) is 6.92 Å². The molecule has 0 saturated carbocycles. The lowest BCUT2D eigenvalue weighted by molar-refractivity contribution is -0.884. The second-order valence-electron chi connectivity index (χ2n) is 4.70. The first kappa shape index (κ1) is 13.3. The standard InChI is InChI=1S/C13H19N3OS/c1-11-3-4-12(18-11)5-6-13(17)14-16-9-7-15(2)8-10-16/h3-6H,7-10H2,1-2H3,(H,14,17)/p+1/b6-5+. The Hall–Kier alpha value is -1.17. The third-order valence-electron chi connectivity index (χ3n) is 3.05. The minimum Gasteiger partial charge on any atom is -0.335 e. The summed E-state index contributed by atoms with van der Waals surface area (Å²) in [5.41, 5.74) is 2.92. The minimum atomic E-state index is -0.0411. The van der Waals surface area contributed by atoms with Gasteiger partial charge in [0.25, 0.3) is 5.91 Å². The van der Waals surface area contributed by atoms with Crippen LogP contribution in [0.2, 0.25) is 0 Å². The highest BCUT2D eigenvalue weighted by molar-refractivity contribution is 7.12. The molecule has 0 spiro atoms. The summed E-state index contributed by atoms with van der Waals surface area (Å²) >= 11 is 1.69. The summed E-state index contributed by atoms with van der Waals surface area (Å²) in [5, 5.41) is 2.00. The lowest BCUT2D eigenvalue weighted by Crippen LogP contribution is -3.12. The minimum absolute atomic E-state index is 0.0411. The van der Waals surface area contributed by atoms with E-state index < -0.39 is 0 Å². The first-order valence-corrected chi connectivity index (χ1v) is 7.06. The van der Waals surface area contributed by atoms with Crippen LogP contribution in [0, 0.1) is 6.92 Å². The summed E-state index contributed by atoms with van der Waals surface area (Å²) in [4.78, 5) is 15.6. The zero-order valence-electron chi connectivity index (χ0n) is 10.9. The molecule has 0 bridgehead atoms. The number of carbonyl (C=O) groups excluding carboxylic acids is 1. The topological polar surface area (TPSA) is 36.8 Å². The van der Waals surface area contributed by atoms with Crippen molar-refractivity contribution in [3.63, 3.8) is 0 Å². The van der Waals surface area contributed by atoms with Gasteiger partial charge >= 0.3 is 0 Å². The molecule has 1 aliphatic rings. The van der Waals surface area contributed by atoms with Gasteiger partial charge in [0.1, 0.15) is 0 Å². The molecule has 4 nitrogen and oxygen atoms in total. The van der Waals surface area contributed by atoms with Crippen LogP contribution in [0.15, 0.2) is 18.2 Å². The van der Waals surface area contributed by atoms with E-state index in [0.29, 0.717) is 0 Å². The Balaban J connectivity index is 1.80. The van der Waals surface area contributed by atoms with Gasteiger partial charge in [-0.2, -0.15) is 0 Å². The summed E-state index contributed by atoms with van der Waals surface area (Å²) in [6.45, 7) is 6.06. The van der Waals surface area contributed by atoms with Crippen molar-refractivity contribution >= 4 is 23.3 Å². The average molecular weight is 266 g/mol. The van der Waals surface area contributed by atoms with Gasteiger partial charge in [-0.3, -0.25) is 10.2 Å². The highest BCUT2D eigenvalue weighted by Crippen LogP contribution is 2.16. The van der Waals surface area contributed by atoms with Crippen molar-refractivity contribution in [2.75, 3.05) is 33.2 Å². The van der Waals surface area contributed by atoms with E-state index >= 15 is 0 Å². The van der Waals surface area contributed by atoms with E-state index in [1.807, 2.05) is 17.2 Å². The Morgan fingerprint density at radius 2 is 2.17 bits per heavy atom. The highest BCUT2D eigenvalue weighted by atomic mass is 32.1. The van der Waals surface area contributed by atoms with Crippen LogP contribution in [-0.4, -0.2) is 44.1 Å². The first-order chi connectivity index (χ1) is 8.63. The van der Waals surface area contributed by atoms with E-state index in [0.717, 1.165) is 31.1 Å². The Bertz CT molecular complexity index is 433. The third kappa shape index (κ3) is 3.94. The SMILES string of the molecule is Cc1ccc(/C=C/C(=O)NN2CC[NH+](C)CC2)s1. The molecule has 1 aromatic heterocycles. The van der Waals surface area contributed by atoms with Gasteiger partial charge in [0.15, 0.2) is 0 Å². The van der Waals surface area contributed by atoms with Gasteiger partial charge < -0.3 is 4.90 Å². The van der Waals surface area contributed by atoms with E-state index in [-0.39, 0.29) is 5.91 Å². The Labute approximate surface area is 112 Å². The molecule has 1 fully saturated rings. The molecule has 0 radical (unpaired) electrons. The Morgan fingerprint density at radius 3 is 2.78 bits per heavy atom. The number of hydrogen-bond donors (Lipinski definition) is 2. The number of amides is 1. The zero-order chi connectivity index (χ0) is 13.0. The summed E-state index contributed by atoms with van der Waals surface area (Å²) in [6, 6.07) is 4.09. The molecule has 0 unspecified atom stereocenters. The van der Waals surface area contributed by atoms with Crippen LogP contribution in [0.1, 0.15) is 9.75 Å². The maximum atomic E-state index is 11.7. The van der Waals surface area contributed by atoms with E-state index in [9.17, 15) is 4.79 Å². The number of nitrogens with zero attached hydrogens (tertiary/aromatic N) is 1. The van der Waals surface area contributed by atoms with E-state index in [4.69, 9.17) is 0 Å². The molecule has 5 heteroatoms. The number of likely N-dealkylation sites (N-methyl/N-ethyl adjacent to an activating group) is 1. The molecule has 0 aliphatic carbocycles.